The van der Waals surface area contributed by atoms with Crippen LogP contribution in [0.3, 0.4) is 0 Å². The maximum Gasteiger partial charge on any atom is 0.225 e. The third-order valence-electron chi connectivity index (χ3n) is 5.55. The molecule has 0 bridgehead atoms. The molecule has 1 aromatic heterocycles. The van der Waals surface area contributed by atoms with Gasteiger partial charge in [-0.15, -0.1) is 0 Å². The van der Waals surface area contributed by atoms with Crippen molar-refractivity contribution in [1.82, 2.24) is 14.5 Å². The Balaban J connectivity index is 1.43. The molecule has 4 nitrogen and oxygen atoms in total. The molecule has 1 fully saturated rings. The predicted octanol–water partition coefficient (Wildman–Crippen LogP) is 3.40. The van der Waals surface area contributed by atoms with Crippen LogP contribution in [0, 0.1) is 5.92 Å². The summed E-state index contributed by atoms with van der Waals surface area (Å²) in [4.78, 5) is 19.1. The molecule has 5 heteroatoms. The lowest BCUT2D eigenvalue weighted by atomic mass is 9.92. The van der Waals surface area contributed by atoms with Gasteiger partial charge in [-0.25, -0.2) is 4.98 Å². The fourth-order valence-electron chi connectivity index (χ4n) is 3.92. The number of carbonyl (C=O) groups excluding carboxylic acids is 1. The Kier molecular flexibility index (Phi) is 3.99. The highest BCUT2D eigenvalue weighted by Crippen LogP contribution is 2.49. The molecule has 0 spiro atoms. The molecule has 1 saturated carbocycles. The molecule has 4 rings (SSSR count). The molecule has 1 atom stereocenters. The molecule has 0 radical (unpaired) electrons. The summed E-state index contributed by atoms with van der Waals surface area (Å²) in [6, 6.07) is 8.57. The summed E-state index contributed by atoms with van der Waals surface area (Å²) in [7, 11) is 1.97. The molecule has 2 aromatic rings. The van der Waals surface area contributed by atoms with Crippen LogP contribution < -0.4 is 0 Å². The summed E-state index contributed by atoms with van der Waals surface area (Å²) in [6.45, 7) is 1.72. The zero-order valence-electron chi connectivity index (χ0n) is 13.9. The second-order valence-corrected chi connectivity index (χ2v) is 8.17. The van der Waals surface area contributed by atoms with Crippen molar-refractivity contribution in [2.75, 3.05) is 13.6 Å². The quantitative estimate of drug-likeness (QED) is 0.805. The zero-order valence-corrected chi connectivity index (χ0v) is 15.5. The molecule has 1 aromatic carbocycles. The minimum atomic E-state index is 0.0971. The first-order valence-electron chi connectivity index (χ1n) is 8.57. The highest BCUT2D eigenvalue weighted by molar-refractivity contribution is 9.10. The highest BCUT2D eigenvalue weighted by Gasteiger charge is 2.46. The van der Waals surface area contributed by atoms with Crippen LogP contribution in [0.5, 0.6) is 0 Å². The van der Waals surface area contributed by atoms with Gasteiger partial charge in [-0.1, -0.05) is 28.1 Å². The molecule has 1 amide bonds. The third kappa shape index (κ3) is 2.90. The van der Waals surface area contributed by atoms with Crippen LogP contribution in [0.4, 0.5) is 0 Å². The molecule has 2 heterocycles. The van der Waals surface area contributed by atoms with Crippen LogP contribution in [0.15, 0.2) is 41.3 Å². The Labute approximate surface area is 151 Å². The Morgan fingerprint density at radius 1 is 1.38 bits per heavy atom. The number of carbonyl (C=O) groups is 1. The first-order valence-corrected chi connectivity index (χ1v) is 9.37. The van der Waals surface area contributed by atoms with Crippen molar-refractivity contribution in [2.45, 2.75) is 37.6 Å². The van der Waals surface area contributed by atoms with E-state index in [0.717, 1.165) is 30.4 Å². The molecular formula is C19H22BrN3O. The minimum Gasteiger partial charge on any atom is -0.345 e. The average Bonchev–Trinajstić information content (AvgIpc) is 3.21. The number of aromatic nitrogens is 2. The Hall–Kier alpha value is -1.62. The van der Waals surface area contributed by atoms with E-state index in [9.17, 15) is 4.79 Å². The van der Waals surface area contributed by atoms with Crippen molar-refractivity contribution in [1.29, 1.82) is 0 Å². The van der Waals surface area contributed by atoms with E-state index in [1.165, 1.54) is 24.1 Å². The van der Waals surface area contributed by atoms with E-state index in [0.29, 0.717) is 0 Å². The summed E-state index contributed by atoms with van der Waals surface area (Å²) in [6.07, 6.45) is 7.83. The van der Waals surface area contributed by atoms with Crippen molar-refractivity contribution >= 4 is 21.8 Å². The molecule has 24 heavy (non-hydrogen) atoms. The lowest BCUT2D eigenvalue weighted by Crippen LogP contribution is -2.40. The smallest absolute Gasteiger partial charge is 0.225 e. The van der Waals surface area contributed by atoms with Gasteiger partial charge in [0.1, 0.15) is 0 Å². The highest BCUT2D eigenvalue weighted by atomic mass is 79.9. The number of fused-ring (bicyclic) bond motifs is 1. The fraction of sp³-hybridized carbons (Fsp3) is 0.474. The van der Waals surface area contributed by atoms with Crippen molar-refractivity contribution in [2.24, 2.45) is 5.92 Å². The van der Waals surface area contributed by atoms with E-state index in [1.54, 1.807) is 0 Å². The third-order valence-corrected chi connectivity index (χ3v) is 6.08. The largest absolute Gasteiger partial charge is 0.345 e. The number of hydrogen-bond donors (Lipinski definition) is 0. The molecule has 126 valence electrons. The number of amides is 1. The van der Waals surface area contributed by atoms with E-state index in [-0.39, 0.29) is 17.2 Å². The molecule has 1 aliphatic carbocycles. The van der Waals surface area contributed by atoms with Crippen molar-refractivity contribution < 1.29 is 4.79 Å². The van der Waals surface area contributed by atoms with Gasteiger partial charge in [0, 0.05) is 54.3 Å². The number of imidazole rings is 1. The summed E-state index contributed by atoms with van der Waals surface area (Å²) in [5.41, 5.74) is 2.70. The standard InChI is InChI=1S/C19H22BrN3O/c1-22(12-19(7-8-19)15-2-4-16(20)5-3-15)18(24)14-6-9-23-13-21-11-17(23)10-14/h2-5,11,13-14H,6-10,12H2,1H3/t14-/m1/s1. The number of rotatable bonds is 4. The number of benzene rings is 1. The van der Waals surface area contributed by atoms with Crippen LogP contribution in [-0.4, -0.2) is 34.0 Å². The van der Waals surface area contributed by atoms with Crippen molar-refractivity contribution in [3.05, 3.63) is 52.5 Å². The van der Waals surface area contributed by atoms with Crippen LogP contribution in [0.25, 0.3) is 0 Å². The summed E-state index contributed by atoms with van der Waals surface area (Å²) >= 11 is 3.50. The Bertz CT molecular complexity index is 748. The first-order chi connectivity index (χ1) is 11.6. The van der Waals surface area contributed by atoms with Gasteiger partial charge in [0.25, 0.3) is 0 Å². The Morgan fingerprint density at radius 2 is 2.12 bits per heavy atom. The summed E-state index contributed by atoms with van der Waals surface area (Å²) in [5, 5.41) is 0. The normalized spacial score (nSPS) is 21.2. The van der Waals surface area contributed by atoms with Gasteiger partial charge >= 0.3 is 0 Å². The molecular weight excluding hydrogens is 366 g/mol. The molecule has 1 aliphatic heterocycles. The first kappa shape index (κ1) is 15.9. The minimum absolute atomic E-state index is 0.0971. The topological polar surface area (TPSA) is 38.1 Å². The van der Waals surface area contributed by atoms with Gasteiger partial charge < -0.3 is 9.47 Å². The van der Waals surface area contributed by atoms with Crippen LogP contribution >= 0.6 is 15.9 Å². The summed E-state index contributed by atoms with van der Waals surface area (Å²) in [5.74, 6) is 0.380. The zero-order chi connectivity index (χ0) is 16.7. The SMILES string of the molecule is CN(CC1(c2ccc(Br)cc2)CC1)C(=O)[C@@H]1CCn2cncc2C1. The lowest BCUT2D eigenvalue weighted by molar-refractivity contribution is -0.135. The second-order valence-electron chi connectivity index (χ2n) is 7.25. The number of aryl methyl sites for hydroxylation is 1. The average molecular weight is 388 g/mol. The fourth-order valence-corrected chi connectivity index (χ4v) is 4.18. The maximum atomic E-state index is 12.9. The van der Waals surface area contributed by atoms with Gasteiger partial charge in [-0.3, -0.25) is 4.79 Å². The van der Waals surface area contributed by atoms with Crippen molar-refractivity contribution in [3.63, 3.8) is 0 Å². The van der Waals surface area contributed by atoms with Crippen molar-refractivity contribution in [3.8, 4) is 0 Å². The second kappa shape index (κ2) is 6.03. The van der Waals surface area contributed by atoms with Crippen LogP contribution in [-0.2, 0) is 23.2 Å². The van der Waals surface area contributed by atoms with Crippen LogP contribution in [0.2, 0.25) is 0 Å². The lowest BCUT2D eigenvalue weighted by Gasteiger charge is -2.30. The van der Waals surface area contributed by atoms with E-state index in [4.69, 9.17) is 0 Å². The summed E-state index contributed by atoms with van der Waals surface area (Å²) < 4.78 is 3.26. The number of hydrogen-bond acceptors (Lipinski definition) is 2. The molecule has 0 unspecified atom stereocenters. The van der Waals surface area contributed by atoms with Crippen LogP contribution in [0.1, 0.15) is 30.5 Å². The van der Waals surface area contributed by atoms with Gasteiger partial charge in [0.15, 0.2) is 0 Å². The van der Waals surface area contributed by atoms with Gasteiger partial charge in [-0.2, -0.15) is 0 Å². The van der Waals surface area contributed by atoms with Gasteiger partial charge in [-0.05, 0) is 37.0 Å². The number of halogens is 1. The number of nitrogens with zero attached hydrogens (tertiary/aromatic N) is 3. The molecule has 0 saturated heterocycles. The molecule has 2 aliphatic rings. The van der Waals surface area contributed by atoms with Gasteiger partial charge in [0.2, 0.25) is 5.91 Å². The van der Waals surface area contributed by atoms with E-state index < -0.39 is 0 Å². The predicted molar refractivity (Wildman–Crippen MR) is 96.7 cm³/mol. The molecule has 0 N–H and O–H groups in total. The van der Waals surface area contributed by atoms with Gasteiger partial charge in [0.05, 0.1) is 6.33 Å². The van der Waals surface area contributed by atoms with E-state index in [1.807, 2.05) is 24.5 Å². The van der Waals surface area contributed by atoms with E-state index in [2.05, 4.69) is 49.7 Å². The van der Waals surface area contributed by atoms with E-state index >= 15 is 0 Å². The number of likely N-dealkylation sites (N-methyl/N-ethyl adjacent to an activating group) is 1. The monoisotopic (exact) mass is 387 g/mol. The Morgan fingerprint density at radius 3 is 2.83 bits per heavy atom. The maximum absolute atomic E-state index is 12.9.